The fourth-order valence-electron chi connectivity index (χ4n) is 3.54. The topological polar surface area (TPSA) is 72.1 Å². The molecule has 1 amide bonds. The Morgan fingerprint density at radius 3 is 2.74 bits per heavy atom. The van der Waals surface area contributed by atoms with E-state index in [1.165, 1.54) is 0 Å². The van der Waals surface area contributed by atoms with Gasteiger partial charge in [-0.25, -0.2) is 0 Å². The molecule has 1 fully saturated rings. The van der Waals surface area contributed by atoms with Crippen molar-refractivity contribution in [3.05, 3.63) is 65.8 Å². The Kier molecular flexibility index (Phi) is 4.96. The van der Waals surface area contributed by atoms with E-state index in [4.69, 9.17) is 4.42 Å². The van der Waals surface area contributed by atoms with Crippen LogP contribution in [0.3, 0.4) is 0 Å². The highest BCUT2D eigenvalue weighted by molar-refractivity contribution is 5.95. The summed E-state index contributed by atoms with van der Waals surface area (Å²) in [5, 5.41) is 8.49. The number of carbonyl (C=O) groups is 1. The van der Waals surface area contributed by atoms with E-state index in [0.29, 0.717) is 23.9 Å². The zero-order valence-electron chi connectivity index (χ0n) is 15.3. The van der Waals surface area contributed by atoms with Gasteiger partial charge in [-0.1, -0.05) is 31.0 Å². The van der Waals surface area contributed by atoms with Crippen LogP contribution in [0.5, 0.6) is 0 Å². The molecular formula is C21H22N4O2. The molecule has 0 aliphatic carbocycles. The first-order valence-corrected chi connectivity index (χ1v) is 9.35. The van der Waals surface area contributed by atoms with Gasteiger partial charge in [-0.2, -0.15) is 0 Å². The molecule has 6 nitrogen and oxygen atoms in total. The maximum Gasteiger partial charge on any atom is 0.256 e. The van der Waals surface area contributed by atoms with Crippen LogP contribution in [0.1, 0.15) is 53.7 Å². The normalized spacial score (nSPS) is 17.5. The molecule has 3 heterocycles. The van der Waals surface area contributed by atoms with E-state index in [1.807, 2.05) is 48.2 Å². The molecule has 0 saturated carbocycles. The molecule has 1 saturated heterocycles. The summed E-state index contributed by atoms with van der Waals surface area (Å²) in [6, 6.07) is 13.1. The summed E-state index contributed by atoms with van der Waals surface area (Å²) in [5.74, 6) is 0.970. The van der Waals surface area contributed by atoms with Crippen LogP contribution in [-0.2, 0) is 0 Å². The van der Waals surface area contributed by atoms with Crippen LogP contribution < -0.4 is 0 Å². The lowest BCUT2D eigenvalue weighted by molar-refractivity contribution is 0.0651. The van der Waals surface area contributed by atoms with Gasteiger partial charge >= 0.3 is 0 Å². The van der Waals surface area contributed by atoms with Crippen LogP contribution >= 0.6 is 0 Å². The van der Waals surface area contributed by atoms with E-state index in [0.717, 1.165) is 36.9 Å². The number of nitrogens with zero attached hydrogens (tertiary/aromatic N) is 4. The van der Waals surface area contributed by atoms with E-state index >= 15 is 0 Å². The Balaban J connectivity index is 1.66. The fraction of sp³-hybridized carbons (Fsp3) is 0.333. The van der Waals surface area contributed by atoms with Gasteiger partial charge in [-0.3, -0.25) is 9.78 Å². The van der Waals surface area contributed by atoms with Crippen LogP contribution in [0, 0.1) is 6.92 Å². The molecule has 0 radical (unpaired) electrons. The Labute approximate surface area is 158 Å². The fourth-order valence-corrected chi connectivity index (χ4v) is 3.54. The standard InChI is InChI=1S/C21H22N4O2/c1-15-17(11-8-13-22-15)21(26)25-14-7-3-6-12-18(25)20-24-23-19(27-20)16-9-4-2-5-10-16/h2,4-5,8-11,13,18H,3,6-7,12,14H2,1H3. The van der Waals surface area contributed by atoms with Crippen LogP contribution in [0.4, 0.5) is 0 Å². The molecule has 0 N–H and O–H groups in total. The smallest absolute Gasteiger partial charge is 0.256 e. The molecule has 4 rings (SSSR count). The molecule has 1 aromatic carbocycles. The van der Waals surface area contributed by atoms with E-state index < -0.39 is 0 Å². The largest absolute Gasteiger partial charge is 0.418 e. The van der Waals surface area contributed by atoms with Gasteiger partial charge in [0, 0.05) is 24.0 Å². The van der Waals surface area contributed by atoms with Crippen LogP contribution in [0.15, 0.2) is 53.1 Å². The molecule has 3 aromatic rings. The Bertz CT molecular complexity index is 923. The van der Waals surface area contributed by atoms with Crippen molar-refractivity contribution < 1.29 is 9.21 Å². The van der Waals surface area contributed by atoms with Crippen molar-refractivity contribution in [3.63, 3.8) is 0 Å². The third kappa shape index (κ3) is 3.60. The summed E-state index contributed by atoms with van der Waals surface area (Å²) in [6.45, 7) is 2.54. The van der Waals surface area contributed by atoms with Crippen LogP contribution in [-0.4, -0.2) is 32.5 Å². The van der Waals surface area contributed by atoms with Crippen molar-refractivity contribution in [2.45, 2.75) is 38.6 Å². The summed E-state index contributed by atoms with van der Waals surface area (Å²) in [4.78, 5) is 19.4. The minimum absolute atomic E-state index is 0.0213. The highest BCUT2D eigenvalue weighted by Crippen LogP contribution is 2.32. The Morgan fingerprint density at radius 1 is 1.07 bits per heavy atom. The number of carbonyl (C=O) groups excluding carboxylic acids is 1. The van der Waals surface area contributed by atoms with Gasteiger partial charge in [-0.15, -0.1) is 10.2 Å². The Morgan fingerprint density at radius 2 is 1.93 bits per heavy atom. The van der Waals surface area contributed by atoms with E-state index in [2.05, 4.69) is 15.2 Å². The molecule has 0 bridgehead atoms. The predicted molar refractivity (Wildman–Crippen MR) is 101 cm³/mol. The lowest BCUT2D eigenvalue weighted by Gasteiger charge is -2.28. The molecule has 0 spiro atoms. The van der Waals surface area contributed by atoms with E-state index in [9.17, 15) is 4.79 Å². The number of pyridine rings is 1. The average Bonchev–Trinajstić information content (AvgIpc) is 3.06. The minimum atomic E-state index is -0.204. The quantitative estimate of drug-likeness (QED) is 0.698. The SMILES string of the molecule is Cc1ncccc1C(=O)N1CCCCCC1c1nnc(-c2ccccc2)o1. The van der Waals surface area contributed by atoms with Crippen molar-refractivity contribution >= 4 is 5.91 Å². The number of likely N-dealkylation sites (tertiary alicyclic amines) is 1. The second-order valence-corrected chi connectivity index (χ2v) is 6.81. The molecule has 1 atom stereocenters. The molecule has 1 aliphatic rings. The highest BCUT2D eigenvalue weighted by atomic mass is 16.4. The van der Waals surface area contributed by atoms with Gasteiger partial charge in [-0.05, 0) is 44.0 Å². The van der Waals surface area contributed by atoms with Crippen LogP contribution in [0.25, 0.3) is 11.5 Å². The predicted octanol–water partition coefficient (Wildman–Crippen LogP) is 4.20. The molecule has 1 aliphatic heterocycles. The number of hydrogen-bond donors (Lipinski definition) is 0. The molecule has 6 heteroatoms. The molecule has 1 unspecified atom stereocenters. The number of aryl methyl sites for hydroxylation is 1. The molecule has 2 aromatic heterocycles. The summed E-state index contributed by atoms with van der Waals surface area (Å²) in [7, 11) is 0. The zero-order valence-corrected chi connectivity index (χ0v) is 15.3. The maximum atomic E-state index is 13.2. The molecule has 138 valence electrons. The van der Waals surface area contributed by atoms with Crippen LogP contribution in [0.2, 0.25) is 0 Å². The van der Waals surface area contributed by atoms with Gasteiger partial charge in [0.05, 0.1) is 5.56 Å². The van der Waals surface area contributed by atoms with Crippen molar-refractivity contribution in [2.24, 2.45) is 0 Å². The van der Waals surface area contributed by atoms with Gasteiger partial charge in [0.1, 0.15) is 6.04 Å². The third-order valence-electron chi connectivity index (χ3n) is 5.00. The van der Waals surface area contributed by atoms with E-state index in [-0.39, 0.29) is 11.9 Å². The first-order valence-electron chi connectivity index (χ1n) is 9.35. The summed E-state index contributed by atoms with van der Waals surface area (Å²) < 4.78 is 5.98. The van der Waals surface area contributed by atoms with Gasteiger partial charge in [0.15, 0.2) is 0 Å². The number of hydrogen-bond acceptors (Lipinski definition) is 5. The minimum Gasteiger partial charge on any atom is -0.418 e. The van der Waals surface area contributed by atoms with Gasteiger partial charge < -0.3 is 9.32 Å². The lowest BCUT2D eigenvalue weighted by Crippen LogP contribution is -2.35. The number of rotatable bonds is 3. The first kappa shape index (κ1) is 17.4. The van der Waals surface area contributed by atoms with Crippen molar-refractivity contribution in [3.8, 4) is 11.5 Å². The first-order chi connectivity index (χ1) is 13.2. The monoisotopic (exact) mass is 362 g/mol. The van der Waals surface area contributed by atoms with Crippen molar-refractivity contribution in [1.82, 2.24) is 20.1 Å². The van der Waals surface area contributed by atoms with E-state index in [1.54, 1.807) is 12.3 Å². The third-order valence-corrected chi connectivity index (χ3v) is 5.00. The maximum absolute atomic E-state index is 13.2. The summed E-state index contributed by atoms with van der Waals surface area (Å²) in [5.41, 5.74) is 2.25. The number of benzene rings is 1. The average molecular weight is 362 g/mol. The molecule has 27 heavy (non-hydrogen) atoms. The summed E-state index contributed by atoms with van der Waals surface area (Å²) >= 11 is 0. The Hall–Kier alpha value is -3.02. The summed E-state index contributed by atoms with van der Waals surface area (Å²) in [6.07, 6.45) is 5.62. The molecular weight excluding hydrogens is 340 g/mol. The number of aromatic nitrogens is 3. The second kappa shape index (κ2) is 7.70. The number of amides is 1. The van der Waals surface area contributed by atoms with Crippen molar-refractivity contribution in [2.75, 3.05) is 6.54 Å². The van der Waals surface area contributed by atoms with Crippen molar-refractivity contribution in [1.29, 1.82) is 0 Å². The van der Waals surface area contributed by atoms with Gasteiger partial charge in [0.2, 0.25) is 11.8 Å². The second-order valence-electron chi connectivity index (χ2n) is 6.81. The zero-order chi connectivity index (χ0) is 18.6. The lowest BCUT2D eigenvalue weighted by atomic mass is 10.1. The highest BCUT2D eigenvalue weighted by Gasteiger charge is 2.32. The van der Waals surface area contributed by atoms with Gasteiger partial charge in [0.25, 0.3) is 5.91 Å².